The molecule has 3 rings (SSSR count). The molecule has 1 aliphatic rings. The zero-order valence-corrected chi connectivity index (χ0v) is 17.4. The molecular weight excluding hydrogens is 398 g/mol. The minimum absolute atomic E-state index is 0. The summed E-state index contributed by atoms with van der Waals surface area (Å²) in [5.41, 5.74) is 8.15. The number of amides is 1. The minimum Gasteiger partial charge on any atom is -0.349 e. The van der Waals surface area contributed by atoms with Crippen LogP contribution in [0.5, 0.6) is 0 Å². The second kappa shape index (κ2) is 9.52. The summed E-state index contributed by atoms with van der Waals surface area (Å²) in [6.45, 7) is 3.16. The first kappa shape index (κ1) is 22.4. The van der Waals surface area contributed by atoms with Crippen LogP contribution < -0.4 is 11.1 Å². The number of piperidine rings is 1. The first-order valence-corrected chi connectivity index (χ1v) is 10.5. The molecule has 28 heavy (non-hydrogen) atoms. The molecule has 2 aromatic carbocycles. The number of hydrogen-bond acceptors (Lipinski definition) is 4. The van der Waals surface area contributed by atoms with Gasteiger partial charge in [0.15, 0.2) is 0 Å². The van der Waals surface area contributed by atoms with E-state index in [0.717, 1.165) is 11.1 Å². The normalized spacial score (nSPS) is 15.6. The van der Waals surface area contributed by atoms with Crippen molar-refractivity contribution in [1.29, 1.82) is 0 Å². The van der Waals surface area contributed by atoms with Crippen molar-refractivity contribution in [3.05, 3.63) is 65.2 Å². The molecule has 6 nitrogen and oxygen atoms in total. The molecule has 1 aliphatic heterocycles. The first-order valence-electron chi connectivity index (χ1n) is 9.07. The highest BCUT2D eigenvalue weighted by atomic mass is 35.5. The highest BCUT2D eigenvalue weighted by molar-refractivity contribution is 7.89. The van der Waals surface area contributed by atoms with Gasteiger partial charge in [-0.05, 0) is 49.6 Å². The van der Waals surface area contributed by atoms with Crippen molar-refractivity contribution in [3.63, 3.8) is 0 Å². The van der Waals surface area contributed by atoms with E-state index in [-0.39, 0.29) is 24.4 Å². The van der Waals surface area contributed by atoms with E-state index in [2.05, 4.69) is 5.32 Å². The van der Waals surface area contributed by atoms with Gasteiger partial charge in [-0.2, -0.15) is 4.31 Å². The fourth-order valence-corrected chi connectivity index (χ4v) is 4.63. The Hall–Kier alpha value is -1.93. The van der Waals surface area contributed by atoms with Crippen LogP contribution in [0.3, 0.4) is 0 Å². The van der Waals surface area contributed by atoms with Gasteiger partial charge in [-0.25, -0.2) is 8.42 Å². The standard InChI is InChI=1S/C20H25N3O3S.ClH/c1-15-2-8-19(9-3-15)27(25,26)23-12-10-18(11-13-23)22-20(24)17-6-4-16(14-21)5-7-17;/h2-9,18H,10-14,21H2,1H3,(H,22,24);1H. The maximum absolute atomic E-state index is 12.7. The summed E-state index contributed by atoms with van der Waals surface area (Å²) in [7, 11) is -3.48. The molecule has 3 N–H and O–H groups in total. The van der Waals surface area contributed by atoms with Gasteiger partial charge in [0.05, 0.1) is 4.90 Å². The van der Waals surface area contributed by atoms with E-state index in [1.807, 2.05) is 19.1 Å². The Bertz CT molecular complexity index is 891. The van der Waals surface area contributed by atoms with Crippen molar-refractivity contribution in [2.75, 3.05) is 13.1 Å². The summed E-state index contributed by atoms with van der Waals surface area (Å²) in [6.07, 6.45) is 1.19. The summed E-state index contributed by atoms with van der Waals surface area (Å²) in [4.78, 5) is 12.7. The van der Waals surface area contributed by atoms with Crippen LogP contribution in [0.25, 0.3) is 0 Å². The quantitative estimate of drug-likeness (QED) is 0.772. The van der Waals surface area contributed by atoms with Crippen LogP contribution in [0, 0.1) is 6.92 Å². The smallest absolute Gasteiger partial charge is 0.251 e. The van der Waals surface area contributed by atoms with E-state index in [9.17, 15) is 13.2 Å². The molecule has 1 saturated heterocycles. The number of benzene rings is 2. The van der Waals surface area contributed by atoms with Crippen LogP contribution in [-0.4, -0.2) is 37.8 Å². The predicted molar refractivity (Wildman–Crippen MR) is 112 cm³/mol. The van der Waals surface area contributed by atoms with Crippen LogP contribution >= 0.6 is 12.4 Å². The molecular formula is C20H26ClN3O3S. The number of aryl methyl sites for hydroxylation is 1. The molecule has 0 radical (unpaired) electrons. The van der Waals surface area contributed by atoms with Crippen LogP contribution in [-0.2, 0) is 16.6 Å². The molecule has 0 spiro atoms. The molecule has 1 heterocycles. The van der Waals surface area contributed by atoms with Gasteiger partial charge in [0.1, 0.15) is 0 Å². The summed E-state index contributed by atoms with van der Waals surface area (Å²) in [5.74, 6) is -0.140. The van der Waals surface area contributed by atoms with Crippen LogP contribution in [0.4, 0.5) is 0 Å². The molecule has 152 valence electrons. The molecule has 1 fully saturated rings. The van der Waals surface area contributed by atoms with Gasteiger partial charge < -0.3 is 11.1 Å². The molecule has 0 aliphatic carbocycles. The number of nitrogens with zero attached hydrogens (tertiary/aromatic N) is 1. The Kier molecular flexibility index (Phi) is 7.60. The third-order valence-electron chi connectivity index (χ3n) is 4.90. The van der Waals surface area contributed by atoms with Crippen molar-refractivity contribution in [1.82, 2.24) is 9.62 Å². The van der Waals surface area contributed by atoms with Crippen LogP contribution in [0.15, 0.2) is 53.4 Å². The van der Waals surface area contributed by atoms with Crippen LogP contribution in [0.2, 0.25) is 0 Å². The molecule has 2 aromatic rings. The Morgan fingerprint density at radius 3 is 2.18 bits per heavy atom. The van der Waals surface area contributed by atoms with Gasteiger partial charge in [0, 0.05) is 31.2 Å². The number of nitrogens with two attached hydrogens (primary N) is 1. The monoisotopic (exact) mass is 423 g/mol. The Morgan fingerprint density at radius 1 is 1.07 bits per heavy atom. The SMILES string of the molecule is Cc1ccc(S(=O)(=O)N2CCC(NC(=O)c3ccc(CN)cc3)CC2)cc1.Cl. The number of halogens is 1. The molecule has 0 bridgehead atoms. The summed E-state index contributed by atoms with van der Waals surface area (Å²) < 4.78 is 27.0. The van der Waals surface area contributed by atoms with Crippen molar-refractivity contribution in [2.24, 2.45) is 5.73 Å². The number of sulfonamides is 1. The maximum atomic E-state index is 12.7. The van der Waals surface area contributed by atoms with Gasteiger partial charge in [0.25, 0.3) is 5.91 Å². The largest absolute Gasteiger partial charge is 0.349 e. The lowest BCUT2D eigenvalue weighted by Gasteiger charge is -2.31. The number of rotatable bonds is 5. The second-order valence-electron chi connectivity index (χ2n) is 6.87. The minimum atomic E-state index is -3.48. The average Bonchev–Trinajstić information content (AvgIpc) is 2.69. The number of carbonyl (C=O) groups excluding carboxylic acids is 1. The van der Waals surface area contributed by atoms with Crippen molar-refractivity contribution < 1.29 is 13.2 Å². The molecule has 0 aromatic heterocycles. The van der Waals surface area contributed by atoms with Crippen LogP contribution in [0.1, 0.15) is 34.3 Å². The van der Waals surface area contributed by atoms with E-state index in [4.69, 9.17) is 5.73 Å². The lowest BCUT2D eigenvalue weighted by atomic mass is 10.1. The Labute approximate surface area is 172 Å². The lowest BCUT2D eigenvalue weighted by Crippen LogP contribution is -2.46. The summed E-state index contributed by atoms with van der Waals surface area (Å²) in [6, 6.07) is 14.1. The maximum Gasteiger partial charge on any atom is 0.251 e. The van der Waals surface area contributed by atoms with E-state index < -0.39 is 10.0 Å². The van der Waals surface area contributed by atoms with E-state index in [1.165, 1.54) is 4.31 Å². The van der Waals surface area contributed by atoms with Gasteiger partial charge in [-0.15, -0.1) is 12.4 Å². The fourth-order valence-electron chi connectivity index (χ4n) is 3.16. The zero-order valence-electron chi connectivity index (χ0n) is 15.8. The molecule has 1 amide bonds. The van der Waals surface area contributed by atoms with Gasteiger partial charge >= 0.3 is 0 Å². The van der Waals surface area contributed by atoms with Crippen molar-refractivity contribution in [3.8, 4) is 0 Å². The van der Waals surface area contributed by atoms with Gasteiger partial charge in [0.2, 0.25) is 10.0 Å². The zero-order chi connectivity index (χ0) is 19.4. The number of hydrogen-bond donors (Lipinski definition) is 2. The molecule has 8 heteroatoms. The third-order valence-corrected chi connectivity index (χ3v) is 6.81. The van der Waals surface area contributed by atoms with Crippen molar-refractivity contribution in [2.45, 2.75) is 37.2 Å². The highest BCUT2D eigenvalue weighted by Gasteiger charge is 2.30. The van der Waals surface area contributed by atoms with Gasteiger partial charge in [-0.3, -0.25) is 4.79 Å². The summed E-state index contributed by atoms with van der Waals surface area (Å²) >= 11 is 0. The number of carbonyl (C=O) groups is 1. The third kappa shape index (κ3) is 5.11. The first-order chi connectivity index (χ1) is 12.9. The van der Waals surface area contributed by atoms with Gasteiger partial charge in [-0.1, -0.05) is 29.8 Å². The number of nitrogens with one attached hydrogen (secondary N) is 1. The fraction of sp³-hybridized carbons (Fsp3) is 0.350. The average molecular weight is 424 g/mol. The molecule has 0 saturated carbocycles. The summed E-state index contributed by atoms with van der Waals surface area (Å²) in [5, 5.41) is 3.00. The van der Waals surface area contributed by atoms with E-state index >= 15 is 0 Å². The predicted octanol–water partition coefficient (Wildman–Crippen LogP) is 2.46. The topological polar surface area (TPSA) is 92.5 Å². The highest BCUT2D eigenvalue weighted by Crippen LogP contribution is 2.21. The molecule has 0 atom stereocenters. The van der Waals surface area contributed by atoms with Crippen molar-refractivity contribution >= 4 is 28.3 Å². The lowest BCUT2D eigenvalue weighted by molar-refractivity contribution is 0.0924. The Balaban J connectivity index is 0.00000280. The van der Waals surface area contributed by atoms with E-state index in [0.29, 0.717) is 42.9 Å². The Morgan fingerprint density at radius 2 is 1.64 bits per heavy atom. The second-order valence-corrected chi connectivity index (χ2v) is 8.80. The molecule has 0 unspecified atom stereocenters. The van der Waals surface area contributed by atoms with E-state index in [1.54, 1.807) is 36.4 Å².